The average molecular weight is 305 g/mol. The Hall–Kier alpha value is 0.320. The minimum Gasteiger partial charge on any atom is -0.371 e. The van der Waals surface area contributed by atoms with E-state index in [4.69, 9.17) is 14.2 Å². The van der Waals surface area contributed by atoms with Crippen LogP contribution in [0.3, 0.4) is 0 Å². The van der Waals surface area contributed by atoms with E-state index in [1.54, 1.807) is 0 Å². The van der Waals surface area contributed by atoms with Crippen LogP contribution in [0.1, 0.15) is 32.1 Å². The molecule has 1 N–H and O–H groups in total. The zero-order chi connectivity index (χ0) is 11.6. The molecule has 0 aromatic carbocycles. The summed E-state index contributed by atoms with van der Waals surface area (Å²) < 4.78 is 17.5. The van der Waals surface area contributed by atoms with Crippen LogP contribution in [-0.4, -0.2) is 46.2 Å². The van der Waals surface area contributed by atoms with Crippen molar-refractivity contribution in [2.45, 2.75) is 73.2 Å². The van der Waals surface area contributed by atoms with Gasteiger partial charge in [-0.2, -0.15) is 0 Å². The largest absolute Gasteiger partial charge is 0.371 e. The van der Waals surface area contributed by atoms with Gasteiger partial charge in [0.2, 0.25) is 0 Å². The Balaban J connectivity index is 1.61. The SMILES string of the molecule is O[C@@]12CC[C@@H](O1)[C@H]1C[C@@H](Br)[C@@H](C[C@H]3O[C@H]3C2)O1. The van der Waals surface area contributed by atoms with E-state index in [0.29, 0.717) is 17.7 Å². The van der Waals surface area contributed by atoms with Gasteiger partial charge in [-0.15, -0.1) is 0 Å². The number of halogens is 1. The number of rotatable bonds is 0. The third kappa shape index (κ3) is 1.87. The van der Waals surface area contributed by atoms with Crippen molar-refractivity contribution in [2.75, 3.05) is 0 Å². The highest BCUT2D eigenvalue weighted by Gasteiger charge is 2.54. The van der Waals surface area contributed by atoms with Gasteiger partial charge in [-0.05, 0) is 12.8 Å². The minimum absolute atomic E-state index is 0.0559. The highest BCUT2D eigenvalue weighted by atomic mass is 79.9. The second-order valence-electron chi connectivity index (χ2n) is 5.76. The Morgan fingerprint density at radius 1 is 1.00 bits per heavy atom. The number of alkyl halides is 1. The van der Waals surface area contributed by atoms with Gasteiger partial charge in [0.1, 0.15) is 0 Å². The van der Waals surface area contributed by atoms with Crippen LogP contribution in [0, 0.1) is 0 Å². The van der Waals surface area contributed by atoms with E-state index >= 15 is 0 Å². The summed E-state index contributed by atoms with van der Waals surface area (Å²) in [4.78, 5) is 0.396. The molecule has 17 heavy (non-hydrogen) atoms. The van der Waals surface area contributed by atoms with Crippen molar-refractivity contribution in [3.63, 3.8) is 0 Å². The molecule has 4 bridgehead atoms. The molecule has 0 radical (unpaired) electrons. The van der Waals surface area contributed by atoms with Crippen LogP contribution in [-0.2, 0) is 14.2 Å². The van der Waals surface area contributed by atoms with Crippen LogP contribution >= 0.6 is 15.9 Å². The van der Waals surface area contributed by atoms with E-state index in [1.165, 1.54) is 0 Å². The highest BCUT2D eigenvalue weighted by Crippen LogP contribution is 2.46. The van der Waals surface area contributed by atoms with Gasteiger partial charge in [0.25, 0.3) is 0 Å². The molecule has 0 spiro atoms. The molecule has 0 unspecified atom stereocenters. The van der Waals surface area contributed by atoms with E-state index in [-0.39, 0.29) is 30.5 Å². The van der Waals surface area contributed by atoms with Crippen molar-refractivity contribution in [3.05, 3.63) is 0 Å². The Morgan fingerprint density at radius 2 is 1.76 bits per heavy atom. The fraction of sp³-hybridized carbons (Fsp3) is 1.00. The van der Waals surface area contributed by atoms with E-state index in [2.05, 4.69) is 15.9 Å². The highest BCUT2D eigenvalue weighted by molar-refractivity contribution is 9.09. The van der Waals surface area contributed by atoms with Crippen molar-refractivity contribution < 1.29 is 19.3 Å². The summed E-state index contributed by atoms with van der Waals surface area (Å²) in [6.07, 6.45) is 5.00. The lowest BCUT2D eigenvalue weighted by Gasteiger charge is -2.26. The van der Waals surface area contributed by atoms with Crippen LogP contribution in [0.15, 0.2) is 0 Å². The molecule has 4 heterocycles. The second-order valence-corrected chi connectivity index (χ2v) is 6.93. The number of aliphatic hydroxyl groups is 1. The van der Waals surface area contributed by atoms with Crippen LogP contribution < -0.4 is 0 Å². The van der Waals surface area contributed by atoms with Crippen molar-refractivity contribution >= 4 is 15.9 Å². The summed E-state index contributed by atoms with van der Waals surface area (Å²) in [5.41, 5.74) is 0. The number of fused-ring (bicyclic) bond motifs is 6. The van der Waals surface area contributed by atoms with Crippen molar-refractivity contribution in [2.24, 2.45) is 0 Å². The van der Waals surface area contributed by atoms with E-state index in [9.17, 15) is 5.11 Å². The summed E-state index contributed by atoms with van der Waals surface area (Å²) in [7, 11) is 0. The molecule has 7 atom stereocenters. The van der Waals surface area contributed by atoms with Gasteiger partial charge in [0, 0.05) is 24.1 Å². The molecule has 4 rings (SSSR count). The van der Waals surface area contributed by atoms with E-state index in [0.717, 1.165) is 19.3 Å². The molecule has 96 valence electrons. The summed E-state index contributed by atoms with van der Waals surface area (Å²) in [6.45, 7) is 0. The Morgan fingerprint density at radius 3 is 2.65 bits per heavy atom. The summed E-state index contributed by atoms with van der Waals surface area (Å²) in [5, 5.41) is 10.4. The molecule has 0 aromatic heterocycles. The first-order valence-corrected chi connectivity index (χ1v) is 7.40. The minimum atomic E-state index is -0.968. The zero-order valence-electron chi connectivity index (χ0n) is 9.55. The Kier molecular flexibility index (Phi) is 2.41. The summed E-state index contributed by atoms with van der Waals surface area (Å²) in [6, 6.07) is 0. The maximum atomic E-state index is 10.4. The maximum Gasteiger partial charge on any atom is 0.168 e. The van der Waals surface area contributed by atoms with Crippen LogP contribution in [0.2, 0.25) is 0 Å². The third-order valence-corrected chi connectivity index (χ3v) is 5.45. The second kappa shape index (κ2) is 3.67. The third-order valence-electron chi connectivity index (χ3n) is 4.49. The standard InChI is InChI=1S/C12H17BrO4/c13-6-3-9-7-1-2-12(14,17-7)5-11-10(16-11)4-8(6)15-9/h6-11,14H,1-5H2/t6-,7-,8-,9-,10-,11+,12+/m1/s1. The van der Waals surface area contributed by atoms with Gasteiger partial charge in [0.05, 0.1) is 30.5 Å². The quantitative estimate of drug-likeness (QED) is 0.542. The molecule has 4 aliphatic rings. The van der Waals surface area contributed by atoms with Gasteiger partial charge >= 0.3 is 0 Å². The maximum absolute atomic E-state index is 10.4. The molecule has 4 fully saturated rings. The number of ether oxygens (including phenoxy) is 3. The summed E-state index contributed by atoms with van der Waals surface area (Å²) in [5.74, 6) is -0.968. The molecule has 4 saturated heterocycles. The van der Waals surface area contributed by atoms with Crippen LogP contribution in [0.5, 0.6) is 0 Å². The van der Waals surface area contributed by atoms with Crippen LogP contribution in [0.25, 0.3) is 0 Å². The first kappa shape index (κ1) is 11.2. The number of hydrogen-bond donors (Lipinski definition) is 1. The molecule has 4 nitrogen and oxygen atoms in total. The van der Waals surface area contributed by atoms with Crippen LogP contribution in [0.4, 0.5) is 0 Å². The molecular formula is C12H17BrO4. The molecule has 0 saturated carbocycles. The molecule has 5 heteroatoms. The monoisotopic (exact) mass is 304 g/mol. The van der Waals surface area contributed by atoms with E-state index in [1.807, 2.05) is 0 Å². The zero-order valence-corrected chi connectivity index (χ0v) is 11.1. The number of epoxide rings is 1. The fourth-order valence-electron chi connectivity index (χ4n) is 3.47. The van der Waals surface area contributed by atoms with Crippen molar-refractivity contribution in [3.8, 4) is 0 Å². The topological polar surface area (TPSA) is 51.2 Å². The van der Waals surface area contributed by atoms with Gasteiger partial charge in [0.15, 0.2) is 5.79 Å². The van der Waals surface area contributed by atoms with Gasteiger partial charge < -0.3 is 19.3 Å². The number of hydrogen-bond acceptors (Lipinski definition) is 4. The average Bonchev–Trinajstić information content (AvgIpc) is 2.66. The lowest BCUT2D eigenvalue weighted by atomic mass is 9.99. The van der Waals surface area contributed by atoms with E-state index < -0.39 is 5.79 Å². The molecule has 0 amide bonds. The molecule has 0 aliphatic carbocycles. The van der Waals surface area contributed by atoms with Gasteiger partial charge in [-0.1, -0.05) is 15.9 Å². The Bertz CT molecular complexity index is 338. The van der Waals surface area contributed by atoms with Crippen molar-refractivity contribution in [1.82, 2.24) is 0 Å². The smallest absolute Gasteiger partial charge is 0.168 e. The Labute approximate surface area is 109 Å². The first-order chi connectivity index (χ1) is 8.13. The van der Waals surface area contributed by atoms with Crippen molar-refractivity contribution in [1.29, 1.82) is 0 Å². The molecular weight excluding hydrogens is 288 g/mol. The molecule has 4 aliphatic heterocycles. The fourth-order valence-corrected chi connectivity index (χ4v) is 4.18. The predicted octanol–water partition coefficient (Wildman–Crippen LogP) is 1.34. The summed E-state index contributed by atoms with van der Waals surface area (Å²) >= 11 is 3.70. The first-order valence-electron chi connectivity index (χ1n) is 6.48. The normalized spacial score (nSPS) is 61.1. The van der Waals surface area contributed by atoms with Gasteiger partial charge in [-0.3, -0.25) is 0 Å². The predicted molar refractivity (Wildman–Crippen MR) is 62.9 cm³/mol. The lowest BCUT2D eigenvalue weighted by Crippen LogP contribution is -2.35. The lowest BCUT2D eigenvalue weighted by molar-refractivity contribution is -0.216. The van der Waals surface area contributed by atoms with Gasteiger partial charge in [-0.25, -0.2) is 0 Å². The molecule has 0 aromatic rings.